The van der Waals surface area contributed by atoms with Gasteiger partial charge < -0.3 is 10.6 Å². The molecule has 1 aliphatic rings. The Kier molecular flexibility index (Phi) is 5.43. The van der Waals surface area contributed by atoms with Crippen LogP contribution in [0.25, 0.3) is 0 Å². The van der Waals surface area contributed by atoms with Gasteiger partial charge in [-0.05, 0) is 62.6 Å². The van der Waals surface area contributed by atoms with Crippen molar-refractivity contribution in [3.05, 3.63) is 59.2 Å². The smallest absolute Gasteiger partial charge is 0.251 e. The van der Waals surface area contributed by atoms with Gasteiger partial charge in [0, 0.05) is 22.2 Å². The van der Waals surface area contributed by atoms with E-state index in [1.54, 1.807) is 24.3 Å². The molecule has 1 saturated carbocycles. The van der Waals surface area contributed by atoms with Crippen LogP contribution in [0.5, 0.6) is 0 Å². The van der Waals surface area contributed by atoms with Crippen molar-refractivity contribution in [2.75, 3.05) is 11.1 Å². The maximum atomic E-state index is 12.1. The molecule has 0 heterocycles. The number of aryl methyl sites for hydroxylation is 2. The molecule has 3 rings (SSSR count). The summed E-state index contributed by atoms with van der Waals surface area (Å²) in [5, 5.41) is 5.82. The number of hydrogen-bond acceptors (Lipinski definition) is 3. The lowest BCUT2D eigenvalue weighted by Crippen LogP contribution is -2.25. The van der Waals surface area contributed by atoms with Crippen LogP contribution in [0.4, 0.5) is 5.69 Å². The number of benzene rings is 2. The summed E-state index contributed by atoms with van der Waals surface area (Å²) in [6.45, 7) is 4.09. The van der Waals surface area contributed by atoms with Gasteiger partial charge in [-0.3, -0.25) is 9.59 Å². The molecule has 0 radical (unpaired) electrons. The van der Waals surface area contributed by atoms with Gasteiger partial charge in [-0.15, -0.1) is 11.8 Å². The molecular weight excluding hydrogens is 332 g/mol. The van der Waals surface area contributed by atoms with E-state index in [-0.39, 0.29) is 11.8 Å². The van der Waals surface area contributed by atoms with E-state index in [4.69, 9.17) is 0 Å². The number of carbonyl (C=O) groups is 2. The fourth-order valence-electron chi connectivity index (χ4n) is 2.40. The Labute approximate surface area is 152 Å². The number of hydrogen-bond donors (Lipinski definition) is 2. The van der Waals surface area contributed by atoms with Gasteiger partial charge in [0.05, 0.1) is 5.75 Å². The molecule has 0 unspecified atom stereocenters. The monoisotopic (exact) mass is 354 g/mol. The van der Waals surface area contributed by atoms with Gasteiger partial charge >= 0.3 is 0 Å². The third kappa shape index (κ3) is 5.10. The normalized spacial score (nSPS) is 13.4. The van der Waals surface area contributed by atoms with Crippen molar-refractivity contribution in [2.24, 2.45) is 0 Å². The van der Waals surface area contributed by atoms with Gasteiger partial charge in [0.1, 0.15) is 0 Å². The van der Waals surface area contributed by atoms with Crippen LogP contribution in [-0.2, 0) is 4.79 Å². The standard InChI is InChI=1S/C20H22N2O2S/c1-13-3-4-14(2)18(11-13)25-12-19(23)21-16-7-5-15(6-8-16)20(24)22-17-9-10-17/h3-8,11,17H,9-10,12H2,1-2H3,(H,21,23)(H,22,24). The zero-order chi connectivity index (χ0) is 17.8. The van der Waals surface area contributed by atoms with Crippen LogP contribution in [0, 0.1) is 13.8 Å². The van der Waals surface area contributed by atoms with E-state index in [1.165, 1.54) is 22.9 Å². The third-order valence-electron chi connectivity index (χ3n) is 4.05. The average molecular weight is 354 g/mol. The van der Waals surface area contributed by atoms with Gasteiger partial charge in [-0.25, -0.2) is 0 Å². The first-order valence-electron chi connectivity index (χ1n) is 8.42. The maximum absolute atomic E-state index is 12.1. The summed E-state index contributed by atoms with van der Waals surface area (Å²) in [4.78, 5) is 25.2. The molecule has 1 fully saturated rings. The van der Waals surface area contributed by atoms with Crippen LogP contribution < -0.4 is 10.6 Å². The number of rotatable bonds is 6. The Bertz CT molecular complexity index is 783. The molecule has 130 valence electrons. The number of nitrogens with one attached hydrogen (secondary N) is 2. The summed E-state index contributed by atoms with van der Waals surface area (Å²) in [7, 11) is 0. The van der Waals surface area contributed by atoms with Crippen LogP contribution in [0.2, 0.25) is 0 Å². The molecule has 0 spiro atoms. The van der Waals surface area contributed by atoms with Crippen LogP contribution in [0.3, 0.4) is 0 Å². The fourth-order valence-corrected chi connectivity index (χ4v) is 3.33. The van der Waals surface area contributed by atoms with Crippen LogP contribution in [-0.4, -0.2) is 23.6 Å². The highest BCUT2D eigenvalue weighted by Gasteiger charge is 2.23. The van der Waals surface area contributed by atoms with Crippen LogP contribution in [0.15, 0.2) is 47.4 Å². The summed E-state index contributed by atoms with van der Waals surface area (Å²) >= 11 is 1.53. The van der Waals surface area contributed by atoms with Crippen molar-refractivity contribution in [1.82, 2.24) is 5.32 Å². The molecule has 0 bridgehead atoms. The van der Waals surface area contributed by atoms with Gasteiger partial charge in [0.2, 0.25) is 5.91 Å². The van der Waals surface area contributed by atoms with E-state index in [0.29, 0.717) is 23.0 Å². The predicted octanol–water partition coefficient (Wildman–Crippen LogP) is 3.93. The highest BCUT2D eigenvalue weighted by molar-refractivity contribution is 8.00. The average Bonchev–Trinajstić information content (AvgIpc) is 3.40. The number of amides is 2. The fraction of sp³-hybridized carbons (Fsp3) is 0.300. The summed E-state index contributed by atoms with van der Waals surface area (Å²) in [5.74, 6) is 0.251. The van der Waals surface area contributed by atoms with E-state index in [0.717, 1.165) is 17.7 Å². The Balaban J connectivity index is 1.52. The second-order valence-corrected chi connectivity index (χ2v) is 7.45. The minimum absolute atomic E-state index is 0.0501. The minimum Gasteiger partial charge on any atom is -0.349 e. The molecule has 0 aliphatic heterocycles. The van der Waals surface area contributed by atoms with Crippen molar-refractivity contribution >= 4 is 29.3 Å². The minimum atomic E-state index is -0.0545. The molecule has 2 aromatic rings. The highest BCUT2D eigenvalue weighted by atomic mass is 32.2. The zero-order valence-corrected chi connectivity index (χ0v) is 15.3. The summed E-state index contributed by atoms with van der Waals surface area (Å²) < 4.78 is 0. The highest BCUT2D eigenvalue weighted by Crippen LogP contribution is 2.24. The first kappa shape index (κ1) is 17.5. The Morgan fingerprint density at radius 2 is 1.80 bits per heavy atom. The van der Waals surface area contributed by atoms with Crippen molar-refractivity contribution in [3.8, 4) is 0 Å². The third-order valence-corrected chi connectivity index (χ3v) is 5.20. The Morgan fingerprint density at radius 3 is 2.48 bits per heavy atom. The summed E-state index contributed by atoms with van der Waals surface area (Å²) in [6.07, 6.45) is 2.13. The number of thioether (sulfide) groups is 1. The van der Waals surface area contributed by atoms with Crippen molar-refractivity contribution in [1.29, 1.82) is 0 Å². The van der Waals surface area contributed by atoms with Crippen LogP contribution in [0.1, 0.15) is 34.3 Å². The molecule has 1 aliphatic carbocycles. The molecule has 25 heavy (non-hydrogen) atoms. The quantitative estimate of drug-likeness (QED) is 0.773. The van der Waals surface area contributed by atoms with E-state index in [2.05, 4.69) is 28.8 Å². The number of anilines is 1. The molecule has 2 aromatic carbocycles. The maximum Gasteiger partial charge on any atom is 0.251 e. The molecule has 2 amide bonds. The van der Waals surface area contributed by atoms with Gasteiger partial charge in [0.15, 0.2) is 0 Å². The lowest BCUT2D eigenvalue weighted by molar-refractivity contribution is -0.113. The number of carbonyl (C=O) groups excluding carboxylic acids is 2. The topological polar surface area (TPSA) is 58.2 Å². The van der Waals surface area contributed by atoms with Gasteiger partial charge in [-0.1, -0.05) is 17.7 Å². The summed E-state index contributed by atoms with van der Waals surface area (Å²) in [5.41, 5.74) is 3.69. The second-order valence-electron chi connectivity index (χ2n) is 6.43. The SMILES string of the molecule is Cc1ccc(C)c(SCC(=O)Nc2ccc(C(=O)NC3CC3)cc2)c1. The molecule has 0 atom stereocenters. The lowest BCUT2D eigenvalue weighted by Gasteiger charge is -2.09. The molecule has 4 nitrogen and oxygen atoms in total. The lowest BCUT2D eigenvalue weighted by atomic mass is 10.2. The van der Waals surface area contributed by atoms with Crippen molar-refractivity contribution in [3.63, 3.8) is 0 Å². The molecule has 5 heteroatoms. The zero-order valence-electron chi connectivity index (χ0n) is 14.5. The molecule has 2 N–H and O–H groups in total. The van der Waals surface area contributed by atoms with Crippen molar-refractivity contribution < 1.29 is 9.59 Å². The Hall–Kier alpha value is -2.27. The van der Waals surface area contributed by atoms with Crippen molar-refractivity contribution in [2.45, 2.75) is 37.6 Å². The molecular formula is C20H22N2O2S. The first-order chi connectivity index (χ1) is 12.0. The second kappa shape index (κ2) is 7.74. The molecule has 0 aromatic heterocycles. The first-order valence-corrected chi connectivity index (χ1v) is 9.40. The van der Waals surface area contributed by atoms with Crippen LogP contribution >= 0.6 is 11.8 Å². The Morgan fingerprint density at radius 1 is 1.08 bits per heavy atom. The van der Waals surface area contributed by atoms with E-state index in [9.17, 15) is 9.59 Å². The summed E-state index contributed by atoms with van der Waals surface area (Å²) in [6, 6.07) is 13.6. The van der Waals surface area contributed by atoms with E-state index < -0.39 is 0 Å². The van der Waals surface area contributed by atoms with Gasteiger partial charge in [-0.2, -0.15) is 0 Å². The van der Waals surface area contributed by atoms with E-state index >= 15 is 0 Å². The predicted molar refractivity (Wildman–Crippen MR) is 102 cm³/mol. The molecule has 0 saturated heterocycles. The van der Waals surface area contributed by atoms with Gasteiger partial charge in [0.25, 0.3) is 5.91 Å². The van der Waals surface area contributed by atoms with E-state index in [1.807, 2.05) is 13.8 Å². The largest absolute Gasteiger partial charge is 0.349 e.